The zero-order chi connectivity index (χ0) is 25.2. The quantitative estimate of drug-likeness (QED) is 0.250. The van der Waals surface area contributed by atoms with Crippen molar-refractivity contribution in [1.82, 2.24) is 9.38 Å². The molecule has 0 bridgehead atoms. The van der Waals surface area contributed by atoms with Crippen molar-refractivity contribution in [2.24, 2.45) is 0 Å². The number of nitrogens with zero attached hydrogens (tertiary/aromatic N) is 2. The molecule has 0 spiro atoms. The van der Waals surface area contributed by atoms with E-state index in [0.717, 1.165) is 33.5 Å². The number of hydrogen-bond donors (Lipinski definition) is 0. The summed E-state index contributed by atoms with van der Waals surface area (Å²) in [6.07, 6.45) is 2.48. The Labute approximate surface area is 217 Å². The molecule has 0 fully saturated rings. The van der Waals surface area contributed by atoms with Gasteiger partial charge >= 0.3 is 0 Å². The summed E-state index contributed by atoms with van der Waals surface area (Å²) in [5.41, 5.74) is 4.46. The zero-order valence-electron chi connectivity index (χ0n) is 20.2. The summed E-state index contributed by atoms with van der Waals surface area (Å²) >= 11 is 7.90. The van der Waals surface area contributed by atoms with E-state index >= 15 is 0 Å². The predicted molar refractivity (Wildman–Crippen MR) is 145 cm³/mol. The van der Waals surface area contributed by atoms with E-state index in [1.807, 2.05) is 62.4 Å². The van der Waals surface area contributed by atoms with Crippen molar-refractivity contribution >= 4 is 45.0 Å². The van der Waals surface area contributed by atoms with Crippen molar-refractivity contribution in [2.45, 2.75) is 20.3 Å². The van der Waals surface area contributed by atoms with Gasteiger partial charge < -0.3 is 14.2 Å². The molecule has 0 aliphatic carbocycles. The van der Waals surface area contributed by atoms with Gasteiger partial charge in [0.15, 0.2) is 16.5 Å². The first-order valence-corrected chi connectivity index (χ1v) is 12.8. The maximum absolute atomic E-state index is 13.1. The molecule has 0 N–H and O–H groups in total. The average Bonchev–Trinajstić information content (AvgIpc) is 3.37. The van der Waals surface area contributed by atoms with E-state index in [1.54, 1.807) is 23.7 Å². The molecular formula is C28H25ClN2O4S. The Morgan fingerprint density at radius 3 is 2.47 bits per heavy atom. The largest absolute Gasteiger partial charge is 0.493 e. The molecule has 184 valence electrons. The van der Waals surface area contributed by atoms with Crippen LogP contribution in [-0.2, 0) is 0 Å². The van der Waals surface area contributed by atoms with Crippen molar-refractivity contribution in [3.8, 4) is 17.2 Å². The minimum absolute atomic E-state index is 0.108. The lowest BCUT2D eigenvalue weighted by Gasteiger charge is -2.14. The number of fused-ring (bicyclic) bond motifs is 3. The number of para-hydroxylation sites is 3. The summed E-state index contributed by atoms with van der Waals surface area (Å²) in [7, 11) is 1.57. The molecule has 2 heterocycles. The molecule has 0 amide bonds. The molecular weight excluding hydrogens is 496 g/mol. The molecule has 0 aliphatic rings. The first-order valence-electron chi connectivity index (χ1n) is 11.6. The van der Waals surface area contributed by atoms with Crippen LogP contribution in [0, 0.1) is 13.8 Å². The van der Waals surface area contributed by atoms with Crippen LogP contribution in [0.3, 0.4) is 0 Å². The highest BCUT2D eigenvalue weighted by Gasteiger charge is 2.14. The fourth-order valence-electron chi connectivity index (χ4n) is 4.16. The number of aryl methyl sites for hydroxylation is 2. The normalized spacial score (nSPS) is 11.9. The SMILES string of the molecule is COc1cc(/C=c2\sc3nc4ccccc4n3c2=O)cc(Cl)c1OCCCOc1c(C)cccc1C. The smallest absolute Gasteiger partial charge is 0.274 e. The maximum Gasteiger partial charge on any atom is 0.274 e. The Morgan fingerprint density at radius 1 is 1.00 bits per heavy atom. The standard InChI is InChI=1S/C28H25ClN2O4S/c1-17-8-6-9-18(2)25(17)34-12-7-13-35-26-20(29)14-19(15-23(26)33-3)16-24-27(32)31-22-11-5-4-10-21(22)30-28(31)36-24/h4-6,8-11,14-16H,7,12-13H2,1-3H3/b24-16-. The molecule has 36 heavy (non-hydrogen) atoms. The first-order chi connectivity index (χ1) is 17.5. The third kappa shape index (κ3) is 4.64. The van der Waals surface area contributed by atoms with Gasteiger partial charge in [-0.3, -0.25) is 4.79 Å². The number of ether oxygens (including phenoxy) is 3. The van der Waals surface area contributed by atoms with Gasteiger partial charge in [0.2, 0.25) is 0 Å². The van der Waals surface area contributed by atoms with Crippen molar-refractivity contribution in [3.63, 3.8) is 0 Å². The van der Waals surface area contributed by atoms with Crippen molar-refractivity contribution in [2.75, 3.05) is 20.3 Å². The fraction of sp³-hybridized carbons (Fsp3) is 0.214. The number of aromatic nitrogens is 2. The lowest BCUT2D eigenvalue weighted by atomic mass is 10.1. The van der Waals surface area contributed by atoms with Crippen LogP contribution in [0.2, 0.25) is 5.02 Å². The number of methoxy groups -OCH3 is 1. The summed E-state index contributed by atoms with van der Waals surface area (Å²) < 4.78 is 19.6. The minimum Gasteiger partial charge on any atom is -0.493 e. The third-order valence-corrected chi connectivity index (χ3v) is 7.13. The van der Waals surface area contributed by atoms with E-state index in [0.29, 0.717) is 45.6 Å². The summed E-state index contributed by atoms with van der Waals surface area (Å²) in [5, 5.41) is 0.412. The summed E-state index contributed by atoms with van der Waals surface area (Å²) in [6.45, 7) is 5.02. The van der Waals surface area contributed by atoms with E-state index in [-0.39, 0.29) is 5.56 Å². The van der Waals surface area contributed by atoms with Crippen LogP contribution in [0.5, 0.6) is 17.2 Å². The molecule has 0 saturated carbocycles. The molecule has 0 atom stereocenters. The molecule has 0 unspecified atom stereocenters. The molecule has 5 aromatic rings. The van der Waals surface area contributed by atoms with Gasteiger partial charge in [-0.05, 0) is 60.9 Å². The number of rotatable bonds is 8. The lowest BCUT2D eigenvalue weighted by molar-refractivity contribution is 0.239. The van der Waals surface area contributed by atoms with Gasteiger partial charge in [-0.1, -0.05) is 53.3 Å². The molecule has 0 saturated heterocycles. The highest BCUT2D eigenvalue weighted by atomic mass is 35.5. The van der Waals surface area contributed by atoms with E-state index in [2.05, 4.69) is 4.98 Å². The van der Waals surface area contributed by atoms with Crippen LogP contribution in [0.25, 0.3) is 22.1 Å². The highest BCUT2D eigenvalue weighted by Crippen LogP contribution is 2.37. The lowest BCUT2D eigenvalue weighted by Crippen LogP contribution is -2.22. The Balaban J connectivity index is 1.32. The van der Waals surface area contributed by atoms with Gasteiger partial charge in [-0.2, -0.15) is 0 Å². The van der Waals surface area contributed by atoms with Crippen molar-refractivity contribution in [1.29, 1.82) is 0 Å². The van der Waals surface area contributed by atoms with Gasteiger partial charge in [0.25, 0.3) is 5.56 Å². The average molecular weight is 521 g/mol. The monoisotopic (exact) mass is 520 g/mol. The second kappa shape index (κ2) is 10.2. The second-order valence-electron chi connectivity index (χ2n) is 8.44. The van der Waals surface area contributed by atoms with Crippen LogP contribution in [0.1, 0.15) is 23.1 Å². The summed E-state index contributed by atoms with van der Waals surface area (Å²) in [6, 6.07) is 17.3. The number of halogens is 1. The number of hydrogen-bond acceptors (Lipinski definition) is 6. The molecule has 3 aromatic carbocycles. The van der Waals surface area contributed by atoms with Gasteiger partial charge in [-0.15, -0.1) is 0 Å². The molecule has 6 nitrogen and oxygen atoms in total. The van der Waals surface area contributed by atoms with E-state index < -0.39 is 0 Å². The van der Waals surface area contributed by atoms with Gasteiger partial charge in [-0.25, -0.2) is 9.38 Å². The Morgan fingerprint density at radius 2 is 1.72 bits per heavy atom. The Bertz CT molecular complexity index is 1650. The van der Waals surface area contributed by atoms with Crippen LogP contribution in [0.4, 0.5) is 0 Å². The Hall–Kier alpha value is -3.55. The number of imidazole rings is 1. The topological polar surface area (TPSA) is 62.1 Å². The van der Waals surface area contributed by atoms with Gasteiger partial charge in [0.1, 0.15) is 5.75 Å². The second-order valence-corrected chi connectivity index (χ2v) is 9.86. The number of benzene rings is 3. The summed E-state index contributed by atoms with van der Waals surface area (Å²) in [4.78, 5) is 18.3. The molecule has 8 heteroatoms. The zero-order valence-corrected chi connectivity index (χ0v) is 21.8. The molecule has 2 aromatic heterocycles. The molecule has 5 rings (SSSR count). The van der Waals surface area contributed by atoms with Gasteiger partial charge in [0.05, 0.1) is 40.9 Å². The van der Waals surface area contributed by atoms with E-state index in [4.69, 9.17) is 25.8 Å². The van der Waals surface area contributed by atoms with Crippen LogP contribution < -0.4 is 24.3 Å². The highest BCUT2D eigenvalue weighted by molar-refractivity contribution is 7.15. The van der Waals surface area contributed by atoms with E-state index in [9.17, 15) is 4.79 Å². The Kier molecular flexibility index (Phi) is 6.85. The first kappa shape index (κ1) is 24.2. The predicted octanol–water partition coefficient (Wildman–Crippen LogP) is 5.58. The van der Waals surface area contributed by atoms with Crippen LogP contribution >= 0.6 is 22.9 Å². The summed E-state index contributed by atoms with van der Waals surface area (Å²) in [5.74, 6) is 1.89. The van der Waals surface area contributed by atoms with E-state index in [1.165, 1.54) is 11.3 Å². The van der Waals surface area contributed by atoms with Gasteiger partial charge in [0, 0.05) is 6.42 Å². The molecule has 0 radical (unpaired) electrons. The molecule has 0 aliphatic heterocycles. The number of thiazole rings is 1. The van der Waals surface area contributed by atoms with Crippen molar-refractivity contribution in [3.05, 3.63) is 91.2 Å². The fourth-order valence-corrected chi connectivity index (χ4v) is 5.42. The van der Waals surface area contributed by atoms with Crippen LogP contribution in [0.15, 0.2) is 59.4 Å². The maximum atomic E-state index is 13.1. The third-order valence-electron chi connectivity index (χ3n) is 5.88. The van der Waals surface area contributed by atoms with Crippen molar-refractivity contribution < 1.29 is 14.2 Å². The van der Waals surface area contributed by atoms with Crippen LogP contribution in [-0.4, -0.2) is 29.7 Å². The minimum atomic E-state index is -0.108.